The van der Waals surface area contributed by atoms with Crippen LogP contribution in [0.5, 0.6) is 0 Å². The van der Waals surface area contributed by atoms with Crippen LogP contribution in [-0.4, -0.2) is 36.5 Å². The van der Waals surface area contributed by atoms with E-state index in [2.05, 4.69) is 15.4 Å². The van der Waals surface area contributed by atoms with Gasteiger partial charge in [0.05, 0.1) is 18.8 Å². The van der Waals surface area contributed by atoms with Crippen molar-refractivity contribution in [3.63, 3.8) is 0 Å². The van der Waals surface area contributed by atoms with Crippen molar-refractivity contribution in [1.82, 2.24) is 5.32 Å². The molecular weight excluding hydrogens is 372 g/mol. The summed E-state index contributed by atoms with van der Waals surface area (Å²) in [6.07, 6.45) is -0.961. The van der Waals surface area contributed by atoms with Crippen molar-refractivity contribution in [3.8, 4) is 0 Å². The van der Waals surface area contributed by atoms with Gasteiger partial charge in [-0.25, -0.2) is 4.79 Å². The summed E-state index contributed by atoms with van der Waals surface area (Å²) in [6.45, 7) is -0.110. The molecule has 0 bridgehead atoms. The second-order valence-electron chi connectivity index (χ2n) is 6.32. The Balaban J connectivity index is 1.58. The third-order valence-electron chi connectivity index (χ3n) is 4.41. The quantitative estimate of drug-likeness (QED) is 0.457. The maximum atomic E-state index is 12.1. The maximum Gasteiger partial charge on any atom is 0.337 e. The molecular formula is C22H20N2O5. The molecule has 0 aliphatic heterocycles. The molecule has 0 aliphatic carbocycles. The first kappa shape index (κ1) is 20.0. The summed E-state index contributed by atoms with van der Waals surface area (Å²) in [7, 11) is 1.27. The number of benzene rings is 3. The number of methoxy groups -OCH3 is 1. The predicted octanol–water partition coefficient (Wildman–Crippen LogP) is 2.41. The molecule has 0 fully saturated rings. The van der Waals surface area contributed by atoms with E-state index in [9.17, 15) is 19.5 Å². The van der Waals surface area contributed by atoms with Crippen molar-refractivity contribution in [2.75, 3.05) is 19.0 Å². The lowest BCUT2D eigenvalue weighted by Crippen LogP contribution is -2.37. The zero-order valence-electron chi connectivity index (χ0n) is 15.7. The van der Waals surface area contributed by atoms with Crippen molar-refractivity contribution in [2.24, 2.45) is 0 Å². The van der Waals surface area contributed by atoms with E-state index in [4.69, 9.17) is 0 Å². The highest BCUT2D eigenvalue weighted by molar-refractivity contribution is 6.39. The molecule has 7 nitrogen and oxygen atoms in total. The van der Waals surface area contributed by atoms with Crippen LogP contribution < -0.4 is 10.6 Å². The summed E-state index contributed by atoms with van der Waals surface area (Å²) in [5, 5.41) is 17.2. The van der Waals surface area contributed by atoms with Crippen LogP contribution in [0.25, 0.3) is 10.8 Å². The molecule has 0 radical (unpaired) electrons. The average Bonchev–Trinajstić information content (AvgIpc) is 2.76. The number of aliphatic hydroxyl groups excluding tert-OH is 1. The van der Waals surface area contributed by atoms with Crippen LogP contribution in [0.1, 0.15) is 22.0 Å². The van der Waals surface area contributed by atoms with E-state index < -0.39 is 23.9 Å². The number of anilines is 1. The molecule has 3 aromatic rings. The van der Waals surface area contributed by atoms with Gasteiger partial charge < -0.3 is 20.5 Å². The highest BCUT2D eigenvalue weighted by Gasteiger charge is 2.17. The van der Waals surface area contributed by atoms with Crippen molar-refractivity contribution < 1.29 is 24.2 Å². The van der Waals surface area contributed by atoms with Crippen molar-refractivity contribution in [3.05, 3.63) is 77.9 Å². The average molecular weight is 392 g/mol. The van der Waals surface area contributed by atoms with Crippen molar-refractivity contribution >= 4 is 34.2 Å². The summed E-state index contributed by atoms with van der Waals surface area (Å²) in [6, 6.07) is 19.1. The van der Waals surface area contributed by atoms with E-state index in [1.165, 1.54) is 31.4 Å². The summed E-state index contributed by atoms with van der Waals surface area (Å²) in [5.41, 5.74) is 1.35. The number of amides is 2. The van der Waals surface area contributed by atoms with Gasteiger partial charge in [-0.3, -0.25) is 9.59 Å². The third-order valence-corrected chi connectivity index (χ3v) is 4.41. The van der Waals surface area contributed by atoms with E-state index in [-0.39, 0.29) is 6.54 Å². The first-order chi connectivity index (χ1) is 14.0. The van der Waals surface area contributed by atoms with Gasteiger partial charge in [-0.05, 0) is 40.6 Å². The molecule has 3 aromatic carbocycles. The van der Waals surface area contributed by atoms with Gasteiger partial charge in [0.2, 0.25) is 0 Å². The molecule has 1 unspecified atom stereocenters. The fraction of sp³-hybridized carbons (Fsp3) is 0.136. The molecule has 0 aromatic heterocycles. The van der Waals surface area contributed by atoms with Crippen LogP contribution in [0.2, 0.25) is 0 Å². The first-order valence-corrected chi connectivity index (χ1v) is 8.93. The van der Waals surface area contributed by atoms with Crippen LogP contribution in [0.15, 0.2) is 66.7 Å². The molecule has 0 saturated carbocycles. The lowest BCUT2D eigenvalue weighted by atomic mass is 10.0. The lowest BCUT2D eigenvalue weighted by Gasteiger charge is -2.14. The normalized spacial score (nSPS) is 11.5. The number of nitrogens with one attached hydrogen (secondary N) is 2. The summed E-state index contributed by atoms with van der Waals surface area (Å²) < 4.78 is 4.60. The summed E-state index contributed by atoms with van der Waals surface area (Å²) in [5.74, 6) is -2.25. The van der Waals surface area contributed by atoms with Gasteiger partial charge in [0.15, 0.2) is 0 Å². The Labute approximate surface area is 167 Å². The van der Waals surface area contributed by atoms with Crippen molar-refractivity contribution in [1.29, 1.82) is 0 Å². The minimum atomic E-state index is -0.961. The third kappa shape index (κ3) is 4.77. The fourth-order valence-electron chi connectivity index (χ4n) is 2.92. The van der Waals surface area contributed by atoms with E-state index in [0.717, 1.165) is 10.8 Å². The summed E-state index contributed by atoms with van der Waals surface area (Å²) >= 11 is 0. The van der Waals surface area contributed by atoms with Crippen LogP contribution in [0, 0.1) is 0 Å². The first-order valence-electron chi connectivity index (χ1n) is 8.93. The largest absolute Gasteiger partial charge is 0.465 e. The Kier molecular flexibility index (Phi) is 6.21. The number of fused-ring (bicyclic) bond motifs is 1. The smallest absolute Gasteiger partial charge is 0.337 e. The molecule has 3 rings (SSSR count). The number of carbonyl (C=O) groups is 3. The van der Waals surface area contributed by atoms with Crippen molar-refractivity contribution in [2.45, 2.75) is 6.10 Å². The second-order valence-corrected chi connectivity index (χ2v) is 6.32. The topological polar surface area (TPSA) is 105 Å². The molecule has 1 atom stereocenters. The fourth-order valence-corrected chi connectivity index (χ4v) is 2.92. The number of ether oxygens (including phenoxy) is 1. The second kappa shape index (κ2) is 8.99. The predicted molar refractivity (Wildman–Crippen MR) is 108 cm³/mol. The van der Waals surface area contributed by atoms with Gasteiger partial charge in [-0.15, -0.1) is 0 Å². The van der Waals surface area contributed by atoms with Gasteiger partial charge in [0, 0.05) is 12.2 Å². The minimum Gasteiger partial charge on any atom is -0.465 e. The summed E-state index contributed by atoms with van der Waals surface area (Å²) in [4.78, 5) is 35.5. The van der Waals surface area contributed by atoms with E-state index in [1.807, 2.05) is 36.4 Å². The number of hydrogen-bond donors (Lipinski definition) is 3. The van der Waals surface area contributed by atoms with Gasteiger partial charge in [0.25, 0.3) is 0 Å². The standard InChI is InChI=1S/C22H20N2O5/c1-29-22(28)15-9-11-16(12-10-15)24-21(27)20(26)23-13-19(25)18-8-4-6-14-5-2-3-7-17(14)18/h2-12,19,25H,13H2,1H3,(H,23,26)(H,24,27). The lowest BCUT2D eigenvalue weighted by molar-refractivity contribution is -0.136. The zero-order chi connectivity index (χ0) is 20.8. The number of esters is 1. The molecule has 0 aliphatic rings. The van der Waals surface area contributed by atoms with E-state index in [1.54, 1.807) is 6.07 Å². The van der Waals surface area contributed by atoms with Crippen LogP contribution in [0.3, 0.4) is 0 Å². The van der Waals surface area contributed by atoms with Gasteiger partial charge in [-0.2, -0.15) is 0 Å². The maximum absolute atomic E-state index is 12.1. The molecule has 0 saturated heterocycles. The Bertz CT molecular complexity index is 1040. The molecule has 3 N–H and O–H groups in total. The van der Waals surface area contributed by atoms with Gasteiger partial charge in [-0.1, -0.05) is 42.5 Å². The highest BCUT2D eigenvalue weighted by atomic mass is 16.5. The van der Waals surface area contributed by atoms with Gasteiger partial charge >= 0.3 is 17.8 Å². The Morgan fingerprint density at radius 1 is 0.931 bits per heavy atom. The number of hydrogen-bond acceptors (Lipinski definition) is 5. The molecule has 0 spiro atoms. The van der Waals surface area contributed by atoms with E-state index in [0.29, 0.717) is 16.8 Å². The highest BCUT2D eigenvalue weighted by Crippen LogP contribution is 2.23. The monoisotopic (exact) mass is 392 g/mol. The Morgan fingerprint density at radius 2 is 1.62 bits per heavy atom. The number of carbonyl (C=O) groups excluding carboxylic acids is 3. The van der Waals surface area contributed by atoms with E-state index >= 15 is 0 Å². The molecule has 29 heavy (non-hydrogen) atoms. The molecule has 0 heterocycles. The Hall–Kier alpha value is -3.71. The SMILES string of the molecule is COC(=O)c1ccc(NC(=O)C(=O)NCC(O)c2cccc3ccccc23)cc1. The van der Waals surface area contributed by atoms with Crippen LogP contribution >= 0.6 is 0 Å². The van der Waals surface area contributed by atoms with Crippen LogP contribution in [-0.2, 0) is 14.3 Å². The zero-order valence-corrected chi connectivity index (χ0v) is 15.7. The number of rotatable bonds is 5. The van der Waals surface area contributed by atoms with Crippen LogP contribution in [0.4, 0.5) is 5.69 Å². The molecule has 2 amide bonds. The Morgan fingerprint density at radius 3 is 2.34 bits per heavy atom. The number of aliphatic hydroxyl groups is 1. The molecule has 148 valence electrons. The minimum absolute atomic E-state index is 0.110. The molecule has 7 heteroatoms. The van der Waals surface area contributed by atoms with Gasteiger partial charge in [0.1, 0.15) is 0 Å².